The van der Waals surface area contributed by atoms with Gasteiger partial charge in [-0.05, 0) is 60.7 Å². The predicted octanol–water partition coefficient (Wildman–Crippen LogP) is 2.85. The van der Waals surface area contributed by atoms with Gasteiger partial charge >= 0.3 is 0 Å². The molecular weight excluding hydrogens is 278 g/mol. The number of hydrogen-bond donors (Lipinski definition) is 2. The molecule has 1 aromatic rings. The molecule has 2 aliphatic rings. The van der Waals surface area contributed by atoms with Gasteiger partial charge in [-0.2, -0.15) is 0 Å². The van der Waals surface area contributed by atoms with Crippen LogP contribution < -0.4 is 10.6 Å². The van der Waals surface area contributed by atoms with Gasteiger partial charge in [0.15, 0.2) is 0 Å². The lowest BCUT2D eigenvalue weighted by atomic mass is 10.00. The van der Waals surface area contributed by atoms with Crippen molar-refractivity contribution in [2.75, 3.05) is 5.32 Å². The summed E-state index contributed by atoms with van der Waals surface area (Å²) in [6.45, 7) is 2.03. The number of aryl methyl sites for hydroxylation is 1. The molecule has 17 heavy (non-hydrogen) atoms. The summed E-state index contributed by atoms with van der Waals surface area (Å²) in [5, 5.41) is 7.24. The minimum atomic E-state index is 0.585. The van der Waals surface area contributed by atoms with Gasteiger partial charge in [-0.15, -0.1) is 0 Å². The van der Waals surface area contributed by atoms with E-state index in [0.717, 1.165) is 28.1 Å². The Hall–Kier alpha value is -0.610. The number of fused-ring (bicyclic) bond motifs is 2. The summed E-state index contributed by atoms with van der Waals surface area (Å²) in [5.74, 6) is 1.01. The monoisotopic (exact) mass is 295 g/mol. The average molecular weight is 296 g/mol. The van der Waals surface area contributed by atoms with Crippen LogP contribution in [0.25, 0.3) is 0 Å². The molecule has 0 radical (unpaired) electrons. The van der Waals surface area contributed by atoms with Crippen LogP contribution in [0.1, 0.15) is 31.4 Å². The van der Waals surface area contributed by atoms with Gasteiger partial charge in [0.1, 0.15) is 5.82 Å². The highest BCUT2D eigenvalue weighted by atomic mass is 79.9. The number of hydrogen-bond acceptors (Lipinski definition) is 3. The van der Waals surface area contributed by atoms with Gasteiger partial charge in [0.05, 0.1) is 5.69 Å². The molecule has 0 aliphatic carbocycles. The van der Waals surface area contributed by atoms with Crippen molar-refractivity contribution in [2.24, 2.45) is 0 Å². The van der Waals surface area contributed by atoms with Gasteiger partial charge in [-0.1, -0.05) is 0 Å². The normalized spacial score (nSPS) is 31.5. The number of rotatable bonds is 2. The van der Waals surface area contributed by atoms with Crippen LogP contribution in [0.4, 0.5) is 5.82 Å². The average Bonchev–Trinajstić information content (AvgIpc) is 2.64. The molecule has 2 aliphatic heterocycles. The van der Waals surface area contributed by atoms with Gasteiger partial charge in [-0.3, -0.25) is 0 Å². The Kier molecular flexibility index (Phi) is 3.09. The third-order valence-electron chi connectivity index (χ3n) is 3.85. The number of pyridine rings is 1. The fourth-order valence-electron chi connectivity index (χ4n) is 3.01. The minimum Gasteiger partial charge on any atom is -0.367 e. The molecule has 2 saturated heterocycles. The zero-order valence-electron chi connectivity index (χ0n) is 10.0. The largest absolute Gasteiger partial charge is 0.367 e. The molecule has 0 spiro atoms. The van der Waals surface area contributed by atoms with Crippen LogP contribution in [-0.4, -0.2) is 23.1 Å². The Morgan fingerprint density at radius 1 is 1.29 bits per heavy atom. The molecule has 3 rings (SSSR count). The van der Waals surface area contributed by atoms with E-state index in [1.54, 1.807) is 0 Å². The zero-order valence-corrected chi connectivity index (χ0v) is 11.6. The second-order valence-electron chi connectivity index (χ2n) is 5.21. The van der Waals surface area contributed by atoms with Crippen LogP contribution in [0, 0.1) is 6.92 Å². The lowest BCUT2D eigenvalue weighted by molar-refractivity contribution is 0.377. The first-order valence-corrected chi connectivity index (χ1v) is 7.16. The molecule has 92 valence electrons. The highest BCUT2D eigenvalue weighted by Gasteiger charge is 2.33. The van der Waals surface area contributed by atoms with Crippen molar-refractivity contribution in [3.8, 4) is 0 Å². The van der Waals surface area contributed by atoms with Gasteiger partial charge in [0, 0.05) is 22.6 Å². The molecular formula is C13H18BrN3. The van der Waals surface area contributed by atoms with E-state index in [-0.39, 0.29) is 0 Å². The summed E-state index contributed by atoms with van der Waals surface area (Å²) in [7, 11) is 0. The van der Waals surface area contributed by atoms with Crippen LogP contribution in [0.15, 0.2) is 16.6 Å². The summed E-state index contributed by atoms with van der Waals surface area (Å²) >= 11 is 3.48. The number of aromatic nitrogens is 1. The van der Waals surface area contributed by atoms with E-state index < -0.39 is 0 Å². The van der Waals surface area contributed by atoms with E-state index in [4.69, 9.17) is 0 Å². The summed E-state index contributed by atoms with van der Waals surface area (Å²) in [6, 6.07) is 6.16. The molecule has 2 unspecified atom stereocenters. The predicted molar refractivity (Wildman–Crippen MR) is 73.3 cm³/mol. The maximum atomic E-state index is 4.56. The van der Waals surface area contributed by atoms with E-state index >= 15 is 0 Å². The summed E-state index contributed by atoms with van der Waals surface area (Å²) in [5.41, 5.74) is 1.05. The maximum Gasteiger partial charge on any atom is 0.126 e. The van der Waals surface area contributed by atoms with E-state index in [2.05, 4.69) is 43.7 Å². The lowest BCUT2D eigenvalue weighted by Crippen LogP contribution is -2.43. The Morgan fingerprint density at radius 3 is 2.65 bits per heavy atom. The highest BCUT2D eigenvalue weighted by molar-refractivity contribution is 9.10. The van der Waals surface area contributed by atoms with Crippen LogP contribution in [0.5, 0.6) is 0 Å². The van der Waals surface area contributed by atoms with Crippen molar-refractivity contribution in [1.82, 2.24) is 10.3 Å². The summed E-state index contributed by atoms with van der Waals surface area (Å²) in [4.78, 5) is 4.56. The van der Waals surface area contributed by atoms with E-state index in [1.165, 1.54) is 25.7 Å². The van der Waals surface area contributed by atoms with Crippen molar-refractivity contribution < 1.29 is 0 Å². The molecule has 2 atom stereocenters. The number of anilines is 1. The molecule has 2 fully saturated rings. The second kappa shape index (κ2) is 4.58. The molecule has 3 nitrogen and oxygen atoms in total. The van der Waals surface area contributed by atoms with Crippen LogP contribution >= 0.6 is 15.9 Å². The summed E-state index contributed by atoms with van der Waals surface area (Å²) < 4.78 is 1.08. The Balaban J connectivity index is 1.68. The zero-order chi connectivity index (χ0) is 11.8. The third-order valence-corrected chi connectivity index (χ3v) is 4.68. The van der Waals surface area contributed by atoms with Gasteiger partial charge in [0.25, 0.3) is 0 Å². The first-order chi connectivity index (χ1) is 8.20. The Morgan fingerprint density at radius 2 is 2.00 bits per heavy atom. The standard InChI is InChI=1S/C13H18BrN3/c1-8-12(14)4-5-13(15-8)17-11-6-9-2-3-10(7-11)16-9/h4-5,9-11,16H,2-3,6-7H2,1H3,(H,15,17). The quantitative estimate of drug-likeness (QED) is 0.881. The molecule has 2 bridgehead atoms. The van der Waals surface area contributed by atoms with Crippen LogP contribution in [0.2, 0.25) is 0 Å². The van der Waals surface area contributed by atoms with E-state index in [0.29, 0.717) is 6.04 Å². The molecule has 0 amide bonds. The Labute approximate surface area is 111 Å². The minimum absolute atomic E-state index is 0.585. The third kappa shape index (κ3) is 2.47. The Bertz CT molecular complexity index is 409. The van der Waals surface area contributed by atoms with Crippen LogP contribution in [0.3, 0.4) is 0 Å². The number of halogens is 1. The second-order valence-corrected chi connectivity index (χ2v) is 6.07. The molecule has 0 saturated carbocycles. The molecule has 3 heterocycles. The van der Waals surface area contributed by atoms with E-state index in [1.807, 2.05) is 6.92 Å². The topological polar surface area (TPSA) is 37.0 Å². The highest BCUT2D eigenvalue weighted by Crippen LogP contribution is 2.28. The van der Waals surface area contributed by atoms with Crippen molar-refractivity contribution in [2.45, 2.75) is 50.7 Å². The first kappa shape index (κ1) is 11.5. The summed E-state index contributed by atoms with van der Waals surface area (Å²) in [6.07, 6.45) is 5.14. The van der Waals surface area contributed by atoms with Gasteiger partial charge < -0.3 is 10.6 Å². The molecule has 2 N–H and O–H groups in total. The van der Waals surface area contributed by atoms with E-state index in [9.17, 15) is 0 Å². The first-order valence-electron chi connectivity index (χ1n) is 6.36. The fraction of sp³-hybridized carbons (Fsp3) is 0.615. The van der Waals surface area contributed by atoms with Crippen LogP contribution in [-0.2, 0) is 0 Å². The molecule has 4 heteroatoms. The smallest absolute Gasteiger partial charge is 0.126 e. The van der Waals surface area contributed by atoms with Crippen molar-refractivity contribution in [3.05, 3.63) is 22.3 Å². The molecule has 0 aromatic carbocycles. The van der Waals surface area contributed by atoms with Gasteiger partial charge in [-0.25, -0.2) is 4.98 Å². The van der Waals surface area contributed by atoms with Crippen molar-refractivity contribution in [1.29, 1.82) is 0 Å². The SMILES string of the molecule is Cc1nc(NC2CC3CCC(C2)N3)ccc1Br. The number of piperidine rings is 1. The lowest BCUT2D eigenvalue weighted by Gasteiger charge is -2.30. The van der Waals surface area contributed by atoms with Crippen molar-refractivity contribution in [3.63, 3.8) is 0 Å². The van der Waals surface area contributed by atoms with Gasteiger partial charge in [0.2, 0.25) is 0 Å². The molecule has 1 aromatic heterocycles. The maximum absolute atomic E-state index is 4.56. The number of nitrogens with one attached hydrogen (secondary N) is 2. The number of nitrogens with zero attached hydrogens (tertiary/aromatic N) is 1. The fourth-order valence-corrected chi connectivity index (χ4v) is 3.23. The van der Waals surface area contributed by atoms with Crippen molar-refractivity contribution >= 4 is 21.7 Å².